The third-order valence-corrected chi connectivity index (χ3v) is 0.906. The standard InChI is InChI=1S/C7H11NO/c1-2-3-4-5-6-7-8-9/h2,6,9H,1,3-5H2. The van der Waals surface area contributed by atoms with Gasteiger partial charge in [0.1, 0.15) is 0 Å². The fourth-order valence-electron chi connectivity index (χ4n) is 0.470. The Hall–Kier alpha value is -1.01. The zero-order valence-electron chi connectivity index (χ0n) is 5.38. The fourth-order valence-corrected chi connectivity index (χ4v) is 0.470. The van der Waals surface area contributed by atoms with Crippen LogP contribution in [0.3, 0.4) is 0 Å². The highest BCUT2D eigenvalue weighted by molar-refractivity contribution is 5.50. The van der Waals surface area contributed by atoms with Crippen molar-refractivity contribution in [2.75, 3.05) is 0 Å². The van der Waals surface area contributed by atoms with Crippen molar-refractivity contribution in [1.82, 2.24) is 0 Å². The topological polar surface area (TPSA) is 32.6 Å². The van der Waals surface area contributed by atoms with E-state index in [2.05, 4.69) is 17.6 Å². The minimum absolute atomic E-state index is 0.899. The van der Waals surface area contributed by atoms with Crippen LogP contribution >= 0.6 is 0 Å². The van der Waals surface area contributed by atoms with Crippen LogP contribution in [0, 0.1) is 0 Å². The second-order valence-corrected chi connectivity index (χ2v) is 1.65. The number of allylic oxidation sites excluding steroid dienone is 2. The average Bonchev–Trinajstić information content (AvgIpc) is 1.89. The highest BCUT2D eigenvalue weighted by atomic mass is 16.4. The number of hydrogen-bond acceptors (Lipinski definition) is 2. The van der Waals surface area contributed by atoms with E-state index in [9.17, 15) is 0 Å². The molecule has 0 fully saturated rings. The second-order valence-electron chi connectivity index (χ2n) is 1.65. The summed E-state index contributed by atoms with van der Waals surface area (Å²) in [5, 5.41) is 10.6. The van der Waals surface area contributed by atoms with Gasteiger partial charge < -0.3 is 5.21 Å². The van der Waals surface area contributed by atoms with E-state index >= 15 is 0 Å². The minimum atomic E-state index is 0.899. The lowest BCUT2D eigenvalue weighted by Gasteiger charge is -1.83. The molecule has 0 heterocycles. The molecule has 0 unspecified atom stereocenters. The summed E-state index contributed by atoms with van der Waals surface area (Å²) in [6.07, 6.45) is 6.51. The Balaban J connectivity index is 3.09. The molecule has 0 aromatic heterocycles. The molecule has 0 aliphatic heterocycles. The average molecular weight is 125 g/mol. The number of unbranched alkanes of at least 4 members (excludes halogenated alkanes) is 2. The molecule has 9 heavy (non-hydrogen) atoms. The van der Waals surface area contributed by atoms with E-state index < -0.39 is 0 Å². The third-order valence-electron chi connectivity index (χ3n) is 0.906. The van der Waals surface area contributed by atoms with Crippen molar-refractivity contribution < 1.29 is 5.21 Å². The molecule has 0 spiro atoms. The molecule has 0 saturated heterocycles. The largest absolute Gasteiger partial charge is 0.404 e. The van der Waals surface area contributed by atoms with E-state index in [4.69, 9.17) is 5.21 Å². The molecule has 0 aliphatic rings. The van der Waals surface area contributed by atoms with Crippen LogP contribution in [0.15, 0.2) is 23.9 Å². The molecular formula is C7H11NO. The first kappa shape index (κ1) is 7.99. The summed E-state index contributed by atoms with van der Waals surface area (Å²) in [5.74, 6) is 2.33. The van der Waals surface area contributed by atoms with E-state index in [0.29, 0.717) is 0 Å². The van der Waals surface area contributed by atoms with Gasteiger partial charge >= 0.3 is 0 Å². The highest BCUT2D eigenvalue weighted by Gasteiger charge is 1.76. The molecular weight excluding hydrogens is 114 g/mol. The van der Waals surface area contributed by atoms with E-state index in [-0.39, 0.29) is 0 Å². The molecule has 0 amide bonds. The van der Waals surface area contributed by atoms with Gasteiger partial charge in [-0.2, -0.15) is 0 Å². The van der Waals surface area contributed by atoms with Gasteiger partial charge in [0, 0.05) is 5.87 Å². The summed E-state index contributed by atoms with van der Waals surface area (Å²) >= 11 is 0. The normalized spacial score (nSPS) is 7.56. The Bertz CT molecular complexity index is 123. The minimum Gasteiger partial charge on any atom is -0.404 e. The first-order chi connectivity index (χ1) is 4.41. The SMILES string of the molecule is C=CCCCC=C=NO. The highest BCUT2D eigenvalue weighted by Crippen LogP contribution is 1.93. The van der Waals surface area contributed by atoms with Gasteiger partial charge in [-0.1, -0.05) is 6.08 Å². The molecule has 50 valence electrons. The molecule has 0 aliphatic carbocycles. The van der Waals surface area contributed by atoms with Crippen LogP contribution in [0.4, 0.5) is 0 Å². The van der Waals surface area contributed by atoms with Gasteiger partial charge in [-0.15, -0.1) is 6.58 Å². The summed E-state index contributed by atoms with van der Waals surface area (Å²) in [7, 11) is 0. The van der Waals surface area contributed by atoms with Crippen molar-refractivity contribution >= 4 is 5.87 Å². The van der Waals surface area contributed by atoms with Crippen molar-refractivity contribution in [3.8, 4) is 0 Å². The number of hydrogen-bond donors (Lipinski definition) is 1. The van der Waals surface area contributed by atoms with Gasteiger partial charge in [0.25, 0.3) is 0 Å². The molecule has 2 heteroatoms. The molecule has 0 aromatic carbocycles. The van der Waals surface area contributed by atoms with E-state index in [1.54, 1.807) is 6.08 Å². The Morgan fingerprint density at radius 2 is 2.33 bits per heavy atom. The Morgan fingerprint density at radius 3 is 2.89 bits per heavy atom. The molecule has 1 N–H and O–H groups in total. The Labute approximate surface area is 55.2 Å². The first-order valence-electron chi connectivity index (χ1n) is 2.94. The maximum Gasteiger partial charge on any atom is 0.0239 e. The summed E-state index contributed by atoms with van der Waals surface area (Å²) in [4.78, 5) is 0. The molecule has 0 aromatic rings. The number of nitrogens with zero attached hydrogens (tertiary/aromatic N) is 1. The van der Waals surface area contributed by atoms with Crippen LogP contribution in [0.1, 0.15) is 19.3 Å². The Morgan fingerprint density at radius 1 is 1.56 bits per heavy atom. The lowest BCUT2D eigenvalue weighted by Crippen LogP contribution is -1.67. The van der Waals surface area contributed by atoms with Gasteiger partial charge in [-0.3, -0.25) is 0 Å². The van der Waals surface area contributed by atoms with Gasteiger partial charge in [-0.05, 0) is 30.5 Å². The predicted octanol–water partition coefficient (Wildman–Crippen LogP) is 1.96. The molecule has 0 radical (unpaired) electrons. The zero-order valence-corrected chi connectivity index (χ0v) is 5.38. The summed E-state index contributed by atoms with van der Waals surface area (Å²) in [5.41, 5.74) is 0. The van der Waals surface area contributed by atoms with Crippen LogP contribution in [-0.2, 0) is 0 Å². The van der Waals surface area contributed by atoms with Crippen molar-refractivity contribution in [3.63, 3.8) is 0 Å². The summed E-state index contributed by atoms with van der Waals surface area (Å²) in [6.45, 7) is 3.57. The van der Waals surface area contributed by atoms with Crippen LogP contribution in [0.5, 0.6) is 0 Å². The van der Waals surface area contributed by atoms with Crippen molar-refractivity contribution in [2.24, 2.45) is 5.16 Å². The number of rotatable bonds is 4. The maximum absolute atomic E-state index is 7.89. The quantitative estimate of drug-likeness (QED) is 0.201. The molecule has 2 nitrogen and oxygen atoms in total. The zero-order chi connectivity index (χ0) is 6.95. The van der Waals surface area contributed by atoms with Crippen LogP contribution in [0.2, 0.25) is 0 Å². The van der Waals surface area contributed by atoms with E-state index in [1.165, 1.54) is 0 Å². The monoisotopic (exact) mass is 125 g/mol. The lowest BCUT2D eigenvalue weighted by atomic mass is 10.2. The van der Waals surface area contributed by atoms with E-state index in [0.717, 1.165) is 19.3 Å². The molecule has 0 bridgehead atoms. The fraction of sp³-hybridized carbons (Fsp3) is 0.429. The summed E-state index contributed by atoms with van der Waals surface area (Å²) in [6, 6.07) is 0. The predicted molar refractivity (Wildman–Crippen MR) is 37.8 cm³/mol. The lowest BCUT2D eigenvalue weighted by molar-refractivity contribution is 0.322. The molecule has 0 atom stereocenters. The smallest absolute Gasteiger partial charge is 0.0239 e. The van der Waals surface area contributed by atoms with Gasteiger partial charge in [0.15, 0.2) is 0 Å². The van der Waals surface area contributed by atoms with Crippen LogP contribution in [-0.4, -0.2) is 11.1 Å². The van der Waals surface area contributed by atoms with Crippen LogP contribution in [0.25, 0.3) is 0 Å². The second kappa shape index (κ2) is 6.99. The van der Waals surface area contributed by atoms with Gasteiger partial charge in [-0.25, -0.2) is 0 Å². The molecule has 0 rings (SSSR count). The molecule has 0 saturated carbocycles. The van der Waals surface area contributed by atoms with Crippen LogP contribution < -0.4 is 0 Å². The van der Waals surface area contributed by atoms with Crippen molar-refractivity contribution in [1.29, 1.82) is 0 Å². The van der Waals surface area contributed by atoms with Crippen molar-refractivity contribution in [3.05, 3.63) is 18.7 Å². The summed E-state index contributed by atoms with van der Waals surface area (Å²) < 4.78 is 0. The van der Waals surface area contributed by atoms with E-state index in [1.807, 2.05) is 6.08 Å². The first-order valence-corrected chi connectivity index (χ1v) is 2.94. The van der Waals surface area contributed by atoms with Gasteiger partial charge in [0.05, 0.1) is 0 Å². The van der Waals surface area contributed by atoms with Gasteiger partial charge in [0.2, 0.25) is 0 Å². The van der Waals surface area contributed by atoms with Crippen molar-refractivity contribution in [2.45, 2.75) is 19.3 Å². The third kappa shape index (κ3) is 6.99. The maximum atomic E-state index is 7.89. The Kier molecular flexibility index (Phi) is 6.21.